The number of allylic oxidation sites excluding steroid dienone is 1. The summed E-state index contributed by atoms with van der Waals surface area (Å²) < 4.78 is 5.31. The van der Waals surface area contributed by atoms with Crippen molar-refractivity contribution < 1.29 is 14.6 Å². The van der Waals surface area contributed by atoms with E-state index in [0.29, 0.717) is 12.0 Å². The van der Waals surface area contributed by atoms with Crippen LogP contribution in [0.2, 0.25) is 0 Å². The van der Waals surface area contributed by atoms with Crippen molar-refractivity contribution in [2.75, 3.05) is 0 Å². The fourth-order valence-corrected chi connectivity index (χ4v) is 1.74. The largest absolute Gasteiger partial charge is 0.454 e. The number of carbonyl (C=O) groups is 1. The van der Waals surface area contributed by atoms with Crippen LogP contribution in [0.4, 0.5) is 0 Å². The standard InChI is InChI=1S/C15H22O3/c1-5-15(4,17)10-6-7-11(2)13-9-8-12(3)14(16)18-13/h5,7-8,13,17H,1,6,9-10H2,2-4H3/b11-7+/t13-,15-/m1/s1. The Labute approximate surface area is 109 Å². The zero-order chi connectivity index (χ0) is 13.8. The van der Waals surface area contributed by atoms with E-state index in [1.54, 1.807) is 19.9 Å². The van der Waals surface area contributed by atoms with Crippen molar-refractivity contribution in [1.82, 2.24) is 0 Å². The molecule has 0 bridgehead atoms. The van der Waals surface area contributed by atoms with Crippen molar-refractivity contribution >= 4 is 5.97 Å². The molecule has 0 radical (unpaired) electrons. The predicted molar refractivity (Wildman–Crippen MR) is 72.1 cm³/mol. The van der Waals surface area contributed by atoms with Crippen LogP contribution in [0.25, 0.3) is 0 Å². The second-order valence-corrected chi connectivity index (χ2v) is 5.06. The van der Waals surface area contributed by atoms with E-state index >= 15 is 0 Å². The summed E-state index contributed by atoms with van der Waals surface area (Å²) in [6, 6.07) is 0. The number of hydrogen-bond acceptors (Lipinski definition) is 3. The third kappa shape index (κ3) is 4.15. The quantitative estimate of drug-likeness (QED) is 0.603. The minimum atomic E-state index is -0.837. The fourth-order valence-electron chi connectivity index (χ4n) is 1.74. The van der Waals surface area contributed by atoms with E-state index in [2.05, 4.69) is 6.58 Å². The van der Waals surface area contributed by atoms with Gasteiger partial charge in [-0.2, -0.15) is 0 Å². The molecule has 0 saturated carbocycles. The third-order valence-corrected chi connectivity index (χ3v) is 3.27. The molecule has 0 aromatic heterocycles. The lowest BCUT2D eigenvalue weighted by Crippen LogP contribution is -2.24. The van der Waals surface area contributed by atoms with Gasteiger partial charge in [0.25, 0.3) is 0 Å². The Morgan fingerprint density at radius 2 is 2.39 bits per heavy atom. The molecule has 0 aromatic carbocycles. The highest BCUT2D eigenvalue weighted by Crippen LogP contribution is 2.21. The summed E-state index contributed by atoms with van der Waals surface area (Å²) in [7, 11) is 0. The Morgan fingerprint density at radius 3 is 2.94 bits per heavy atom. The molecule has 3 heteroatoms. The summed E-state index contributed by atoms with van der Waals surface area (Å²) in [6.45, 7) is 9.04. The highest BCUT2D eigenvalue weighted by molar-refractivity contribution is 5.88. The monoisotopic (exact) mass is 250 g/mol. The summed E-state index contributed by atoms with van der Waals surface area (Å²) in [6.07, 6.45) is 7.40. The van der Waals surface area contributed by atoms with E-state index in [-0.39, 0.29) is 12.1 Å². The fraction of sp³-hybridized carbons (Fsp3) is 0.533. The van der Waals surface area contributed by atoms with Crippen LogP contribution in [0.5, 0.6) is 0 Å². The number of hydrogen-bond donors (Lipinski definition) is 1. The molecule has 0 aromatic rings. The van der Waals surface area contributed by atoms with Crippen LogP contribution in [0.3, 0.4) is 0 Å². The minimum Gasteiger partial charge on any atom is -0.454 e. The maximum Gasteiger partial charge on any atom is 0.333 e. The Balaban J connectivity index is 2.53. The normalized spacial score (nSPS) is 24.0. The lowest BCUT2D eigenvalue weighted by atomic mass is 9.97. The highest BCUT2D eigenvalue weighted by atomic mass is 16.5. The topological polar surface area (TPSA) is 46.5 Å². The Kier molecular flexibility index (Phi) is 4.91. The van der Waals surface area contributed by atoms with Crippen LogP contribution in [0.1, 0.15) is 40.0 Å². The molecule has 0 fully saturated rings. The van der Waals surface area contributed by atoms with Crippen molar-refractivity contribution in [3.05, 3.63) is 36.0 Å². The molecule has 0 saturated heterocycles. The zero-order valence-corrected chi connectivity index (χ0v) is 11.4. The second-order valence-electron chi connectivity index (χ2n) is 5.06. The van der Waals surface area contributed by atoms with Gasteiger partial charge < -0.3 is 9.84 Å². The van der Waals surface area contributed by atoms with Crippen LogP contribution < -0.4 is 0 Å². The molecule has 0 amide bonds. The first kappa shape index (κ1) is 14.7. The number of aliphatic hydroxyl groups is 1. The molecule has 1 N–H and O–H groups in total. The predicted octanol–water partition coefficient (Wildman–Crippen LogP) is 2.91. The van der Waals surface area contributed by atoms with Gasteiger partial charge >= 0.3 is 5.97 Å². The number of cyclic esters (lactones) is 1. The van der Waals surface area contributed by atoms with Crippen molar-refractivity contribution in [2.45, 2.75) is 51.7 Å². The molecule has 1 heterocycles. The first-order valence-electron chi connectivity index (χ1n) is 6.26. The van der Waals surface area contributed by atoms with Crippen LogP contribution in [0.15, 0.2) is 36.0 Å². The van der Waals surface area contributed by atoms with Crippen LogP contribution >= 0.6 is 0 Å². The van der Waals surface area contributed by atoms with Crippen LogP contribution in [0, 0.1) is 0 Å². The van der Waals surface area contributed by atoms with Gasteiger partial charge in [0.15, 0.2) is 0 Å². The van der Waals surface area contributed by atoms with Crippen LogP contribution in [-0.4, -0.2) is 22.8 Å². The lowest BCUT2D eigenvalue weighted by Gasteiger charge is -2.22. The van der Waals surface area contributed by atoms with Gasteiger partial charge in [0, 0.05) is 12.0 Å². The lowest BCUT2D eigenvalue weighted by molar-refractivity contribution is -0.143. The Hall–Kier alpha value is -1.35. The van der Waals surface area contributed by atoms with Gasteiger partial charge in [-0.1, -0.05) is 18.2 Å². The molecule has 0 spiro atoms. The van der Waals surface area contributed by atoms with E-state index in [0.717, 1.165) is 18.4 Å². The van der Waals surface area contributed by atoms with Gasteiger partial charge in [0.05, 0.1) is 5.60 Å². The van der Waals surface area contributed by atoms with E-state index < -0.39 is 5.60 Å². The first-order valence-corrected chi connectivity index (χ1v) is 6.26. The molecule has 1 rings (SSSR count). The maximum absolute atomic E-state index is 11.4. The Morgan fingerprint density at radius 1 is 1.72 bits per heavy atom. The van der Waals surface area contributed by atoms with Gasteiger partial charge in [-0.15, -0.1) is 6.58 Å². The third-order valence-electron chi connectivity index (χ3n) is 3.27. The molecule has 2 atom stereocenters. The molecule has 1 aliphatic heterocycles. The van der Waals surface area contributed by atoms with Gasteiger partial charge in [0.2, 0.25) is 0 Å². The average molecular weight is 250 g/mol. The number of rotatable bonds is 5. The minimum absolute atomic E-state index is 0.158. The molecular weight excluding hydrogens is 228 g/mol. The summed E-state index contributed by atoms with van der Waals surface area (Å²) >= 11 is 0. The van der Waals surface area contributed by atoms with E-state index in [9.17, 15) is 9.90 Å². The first-order chi connectivity index (χ1) is 8.35. The van der Waals surface area contributed by atoms with Gasteiger partial charge in [-0.25, -0.2) is 4.79 Å². The molecular formula is C15H22O3. The molecule has 0 unspecified atom stereocenters. The summed E-state index contributed by atoms with van der Waals surface area (Å²) in [5.41, 5.74) is 0.872. The van der Waals surface area contributed by atoms with E-state index in [4.69, 9.17) is 4.74 Å². The number of esters is 1. The van der Waals surface area contributed by atoms with E-state index in [1.807, 2.05) is 19.1 Å². The molecule has 100 valence electrons. The highest BCUT2D eigenvalue weighted by Gasteiger charge is 2.21. The average Bonchev–Trinajstić information content (AvgIpc) is 2.32. The van der Waals surface area contributed by atoms with Crippen molar-refractivity contribution in [3.8, 4) is 0 Å². The summed E-state index contributed by atoms with van der Waals surface area (Å²) in [5, 5.41) is 9.78. The molecule has 1 aliphatic rings. The zero-order valence-electron chi connectivity index (χ0n) is 11.4. The smallest absolute Gasteiger partial charge is 0.333 e. The number of ether oxygens (including phenoxy) is 1. The molecule has 3 nitrogen and oxygen atoms in total. The number of carbonyl (C=O) groups excluding carboxylic acids is 1. The van der Waals surface area contributed by atoms with Crippen LogP contribution in [-0.2, 0) is 9.53 Å². The molecule has 0 aliphatic carbocycles. The SMILES string of the molecule is C=C[C@@](C)(O)CC/C=C(\C)[C@H]1CC=C(C)C(=O)O1. The van der Waals surface area contributed by atoms with E-state index in [1.165, 1.54) is 0 Å². The van der Waals surface area contributed by atoms with Gasteiger partial charge in [-0.3, -0.25) is 0 Å². The van der Waals surface area contributed by atoms with Crippen molar-refractivity contribution in [3.63, 3.8) is 0 Å². The van der Waals surface area contributed by atoms with Crippen molar-refractivity contribution in [2.24, 2.45) is 0 Å². The molecule has 18 heavy (non-hydrogen) atoms. The van der Waals surface area contributed by atoms with Crippen molar-refractivity contribution in [1.29, 1.82) is 0 Å². The summed E-state index contributed by atoms with van der Waals surface area (Å²) in [4.78, 5) is 11.4. The summed E-state index contributed by atoms with van der Waals surface area (Å²) in [5.74, 6) is -0.239. The Bertz CT molecular complexity index is 389. The van der Waals surface area contributed by atoms with Gasteiger partial charge in [0.1, 0.15) is 6.10 Å². The maximum atomic E-state index is 11.4. The second kappa shape index (κ2) is 6.01. The van der Waals surface area contributed by atoms with Gasteiger partial charge in [-0.05, 0) is 39.2 Å².